The highest BCUT2D eigenvalue weighted by molar-refractivity contribution is 7.13. The van der Waals surface area contributed by atoms with E-state index in [1.807, 2.05) is 7.05 Å². The number of hydrogen-bond acceptors (Lipinski definition) is 5. The lowest BCUT2D eigenvalue weighted by atomic mass is 9.94. The Bertz CT molecular complexity index is 635. The van der Waals surface area contributed by atoms with E-state index in [4.69, 9.17) is 0 Å². The van der Waals surface area contributed by atoms with Gasteiger partial charge in [-0.3, -0.25) is 4.90 Å². The first-order chi connectivity index (χ1) is 11.7. The van der Waals surface area contributed by atoms with Gasteiger partial charge in [-0.15, -0.1) is 11.3 Å². The lowest BCUT2D eigenvalue weighted by Crippen LogP contribution is -2.33. The van der Waals surface area contributed by atoms with E-state index in [-0.39, 0.29) is 0 Å². The van der Waals surface area contributed by atoms with E-state index in [0.717, 1.165) is 24.8 Å². The molecule has 2 heterocycles. The van der Waals surface area contributed by atoms with Crippen LogP contribution in [0, 0.1) is 0 Å². The number of benzene rings is 1. The molecule has 0 aliphatic carbocycles. The second kappa shape index (κ2) is 8.10. The maximum atomic E-state index is 4.66. The zero-order valence-corrected chi connectivity index (χ0v) is 15.8. The minimum Gasteiger partial charge on any atom is -0.365 e. The Morgan fingerprint density at radius 2 is 2.04 bits per heavy atom. The molecule has 1 aromatic heterocycles. The second-order valence-corrected chi connectivity index (χ2v) is 7.71. The summed E-state index contributed by atoms with van der Waals surface area (Å²) in [6.45, 7) is 3.11. The van der Waals surface area contributed by atoms with E-state index in [1.54, 1.807) is 11.3 Å². The Labute approximate surface area is 149 Å². The van der Waals surface area contributed by atoms with Crippen molar-refractivity contribution in [3.05, 3.63) is 46.5 Å². The molecule has 1 aromatic carbocycles. The number of nitrogens with zero attached hydrogens (tertiary/aromatic N) is 3. The largest absolute Gasteiger partial charge is 0.365 e. The summed E-state index contributed by atoms with van der Waals surface area (Å²) >= 11 is 1.69. The molecule has 0 radical (unpaired) electrons. The van der Waals surface area contributed by atoms with E-state index in [0.29, 0.717) is 6.04 Å². The minimum atomic E-state index is 0.520. The molecular weight excluding hydrogens is 316 g/mol. The third-order valence-corrected chi connectivity index (χ3v) is 5.52. The Morgan fingerprint density at radius 1 is 1.25 bits per heavy atom. The van der Waals surface area contributed by atoms with Gasteiger partial charge >= 0.3 is 0 Å². The summed E-state index contributed by atoms with van der Waals surface area (Å²) in [6.07, 6.45) is 3.85. The first-order valence-electron chi connectivity index (χ1n) is 8.75. The van der Waals surface area contributed by atoms with Crippen molar-refractivity contribution in [1.29, 1.82) is 0 Å². The molecule has 1 aliphatic heterocycles. The van der Waals surface area contributed by atoms with Crippen molar-refractivity contribution in [2.75, 3.05) is 33.0 Å². The molecule has 2 aromatic rings. The van der Waals surface area contributed by atoms with Crippen molar-refractivity contribution in [3.8, 4) is 0 Å². The van der Waals surface area contributed by atoms with Crippen LogP contribution in [0.5, 0.6) is 0 Å². The molecule has 1 N–H and O–H groups in total. The normalized spacial score (nSPS) is 18.9. The van der Waals surface area contributed by atoms with Crippen molar-refractivity contribution >= 4 is 16.5 Å². The van der Waals surface area contributed by atoms with Crippen LogP contribution >= 0.6 is 11.3 Å². The van der Waals surface area contributed by atoms with Gasteiger partial charge in [-0.25, -0.2) is 4.98 Å². The van der Waals surface area contributed by atoms with Crippen LogP contribution in [0.3, 0.4) is 0 Å². The topological polar surface area (TPSA) is 31.4 Å². The van der Waals surface area contributed by atoms with Gasteiger partial charge in [0.15, 0.2) is 5.13 Å². The molecule has 1 saturated heterocycles. The van der Waals surface area contributed by atoms with Gasteiger partial charge in [-0.05, 0) is 44.6 Å². The molecule has 5 heteroatoms. The summed E-state index contributed by atoms with van der Waals surface area (Å²) in [5, 5.41) is 6.32. The molecule has 0 unspecified atom stereocenters. The molecule has 130 valence electrons. The molecule has 3 rings (SSSR count). The van der Waals surface area contributed by atoms with Crippen LogP contribution in [0.15, 0.2) is 29.6 Å². The predicted octanol–water partition coefficient (Wildman–Crippen LogP) is 3.97. The number of nitrogens with one attached hydrogen (secondary N) is 1. The number of rotatable bonds is 6. The summed E-state index contributed by atoms with van der Waals surface area (Å²) in [6, 6.07) is 9.73. The van der Waals surface area contributed by atoms with Crippen molar-refractivity contribution in [3.63, 3.8) is 0 Å². The van der Waals surface area contributed by atoms with E-state index in [9.17, 15) is 0 Å². The van der Waals surface area contributed by atoms with Crippen LogP contribution in [0.2, 0.25) is 0 Å². The molecule has 1 aliphatic rings. The molecular formula is C19H28N4S. The Balaban J connectivity index is 1.71. The fraction of sp³-hybridized carbons (Fsp3) is 0.526. The lowest BCUT2D eigenvalue weighted by molar-refractivity contribution is 0.139. The Kier molecular flexibility index (Phi) is 5.87. The summed E-state index contributed by atoms with van der Waals surface area (Å²) in [5.41, 5.74) is 4.01. The second-order valence-electron chi connectivity index (χ2n) is 6.86. The summed E-state index contributed by atoms with van der Waals surface area (Å²) in [4.78, 5) is 9.47. The maximum Gasteiger partial charge on any atom is 0.182 e. The van der Waals surface area contributed by atoms with E-state index in [2.05, 4.69) is 63.8 Å². The van der Waals surface area contributed by atoms with Gasteiger partial charge in [-0.2, -0.15) is 0 Å². The fourth-order valence-corrected chi connectivity index (χ4v) is 4.13. The van der Waals surface area contributed by atoms with Crippen molar-refractivity contribution in [2.24, 2.45) is 0 Å². The number of likely N-dealkylation sites (tertiary alicyclic amines) is 1. The van der Waals surface area contributed by atoms with Gasteiger partial charge in [0.1, 0.15) is 0 Å². The number of thiazole rings is 1. The highest BCUT2D eigenvalue weighted by Gasteiger charge is 2.24. The molecule has 0 spiro atoms. The van der Waals surface area contributed by atoms with Crippen LogP contribution in [0.25, 0.3) is 0 Å². The van der Waals surface area contributed by atoms with Crippen molar-refractivity contribution in [1.82, 2.24) is 14.8 Å². The monoisotopic (exact) mass is 344 g/mol. The van der Waals surface area contributed by atoms with Gasteiger partial charge in [0.2, 0.25) is 0 Å². The Hall–Kier alpha value is -1.43. The zero-order chi connectivity index (χ0) is 16.9. The first kappa shape index (κ1) is 17.4. The number of hydrogen-bond donors (Lipinski definition) is 1. The summed E-state index contributed by atoms with van der Waals surface area (Å²) < 4.78 is 0. The summed E-state index contributed by atoms with van der Waals surface area (Å²) in [7, 11) is 6.16. The molecule has 1 fully saturated rings. The average Bonchev–Trinajstić information content (AvgIpc) is 3.03. The summed E-state index contributed by atoms with van der Waals surface area (Å²) in [5.74, 6) is 0. The molecule has 0 saturated carbocycles. The maximum absolute atomic E-state index is 4.66. The van der Waals surface area contributed by atoms with Gasteiger partial charge < -0.3 is 10.2 Å². The Morgan fingerprint density at radius 3 is 2.71 bits per heavy atom. The van der Waals surface area contributed by atoms with E-state index >= 15 is 0 Å². The van der Waals surface area contributed by atoms with Gasteiger partial charge in [0.25, 0.3) is 0 Å². The fourth-order valence-electron chi connectivity index (χ4n) is 3.47. The van der Waals surface area contributed by atoms with E-state index < -0.39 is 0 Å². The third-order valence-electron chi connectivity index (χ3n) is 4.61. The van der Waals surface area contributed by atoms with Crippen LogP contribution in [-0.2, 0) is 13.1 Å². The van der Waals surface area contributed by atoms with Gasteiger partial charge in [0, 0.05) is 31.6 Å². The van der Waals surface area contributed by atoms with Crippen molar-refractivity contribution < 1.29 is 0 Å². The molecule has 1 atom stereocenters. The zero-order valence-electron chi connectivity index (χ0n) is 15.0. The predicted molar refractivity (Wildman–Crippen MR) is 102 cm³/mol. The van der Waals surface area contributed by atoms with Gasteiger partial charge in [0.05, 0.1) is 5.69 Å². The highest BCUT2D eigenvalue weighted by Crippen LogP contribution is 2.32. The first-order valence-corrected chi connectivity index (χ1v) is 9.63. The molecule has 0 bridgehead atoms. The molecule has 24 heavy (non-hydrogen) atoms. The van der Waals surface area contributed by atoms with Gasteiger partial charge in [-0.1, -0.05) is 30.7 Å². The number of piperidine rings is 1. The average molecular weight is 345 g/mol. The highest BCUT2D eigenvalue weighted by atomic mass is 32.1. The van der Waals surface area contributed by atoms with Crippen LogP contribution in [0.1, 0.15) is 42.1 Å². The number of aromatic nitrogens is 1. The standard InChI is InChI=1S/C19H28N4S/c1-20-19-21-17(14-24-19)13-23-11-5-4-6-18(23)16-9-7-15(8-10-16)12-22(2)3/h7-10,14,18H,4-6,11-13H2,1-3H3,(H,20,21)/t18-/m0/s1. The minimum absolute atomic E-state index is 0.520. The third kappa shape index (κ3) is 4.35. The molecule has 4 nitrogen and oxygen atoms in total. The van der Waals surface area contributed by atoms with E-state index in [1.165, 1.54) is 36.1 Å². The molecule has 0 amide bonds. The van der Waals surface area contributed by atoms with Crippen LogP contribution in [-0.4, -0.2) is 42.5 Å². The number of anilines is 1. The SMILES string of the molecule is CNc1nc(CN2CCCC[C@H]2c2ccc(CN(C)C)cc2)cs1. The quantitative estimate of drug-likeness (QED) is 0.859. The van der Waals surface area contributed by atoms with Crippen LogP contribution in [0.4, 0.5) is 5.13 Å². The van der Waals surface area contributed by atoms with Crippen LogP contribution < -0.4 is 5.32 Å². The smallest absolute Gasteiger partial charge is 0.182 e. The van der Waals surface area contributed by atoms with Crippen molar-refractivity contribution in [2.45, 2.75) is 38.4 Å². The lowest BCUT2D eigenvalue weighted by Gasteiger charge is -2.35.